The number of nitrogens with two attached hydrogens (primary N) is 1. The van der Waals surface area contributed by atoms with Crippen LogP contribution in [0.1, 0.15) is 13.3 Å². The summed E-state index contributed by atoms with van der Waals surface area (Å²) in [6, 6.07) is 5.38. The first-order chi connectivity index (χ1) is 11.1. The molecule has 1 aromatic carbocycles. The van der Waals surface area contributed by atoms with Crippen LogP contribution < -0.4 is 10.6 Å². The topological polar surface area (TPSA) is 118 Å². The van der Waals surface area contributed by atoms with Crippen molar-refractivity contribution < 1.29 is 22.8 Å². The average Bonchev–Trinajstić information content (AvgIpc) is 2.87. The smallest absolute Gasteiger partial charge is 0.323 e. The van der Waals surface area contributed by atoms with Gasteiger partial charge < -0.3 is 10.6 Å². The molecular formula is C15H19N3O5S. The van der Waals surface area contributed by atoms with Crippen LogP contribution in [0, 0.1) is 0 Å². The van der Waals surface area contributed by atoms with Crippen LogP contribution in [0.4, 0.5) is 11.4 Å². The molecule has 3 amide bonds. The lowest BCUT2D eigenvalue weighted by Gasteiger charge is -2.26. The molecule has 0 aliphatic carbocycles. The van der Waals surface area contributed by atoms with E-state index >= 15 is 0 Å². The predicted molar refractivity (Wildman–Crippen MR) is 88.9 cm³/mol. The fourth-order valence-corrected chi connectivity index (χ4v) is 4.33. The third kappa shape index (κ3) is 3.73. The Morgan fingerprint density at radius 2 is 1.71 bits per heavy atom. The summed E-state index contributed by atoms with van der Waals surface area (Å²) in [5, 5.41) is 0. The number of amides is 3. The standard InChI is InChI=1S/C15H19N3O5S/c1-10(19)18(12-5-3-11(16)4-6-12)15(21)14(20)17(2)13-7-8-24(22,23)9-13/h3-6,13H,7-9,16H2,1-2H3. The molecule has 2 rings (SSSR count). The first kappa shape index (κ1) is 17.9. The molecule has 1 fully saturated rings. The maximum absolute atomic E-state index is 12.5. The number of nitrogen functional groups attached to an aromatic ring is 1. The number of rotatable bonds is 2. The molecular weight excluding hydrogens is 334 g/mol. The van der Waals surface area contributed by atoms with E-state index in [-0.39, 0.29) is 23.6 Å². The number of imide groups is 1. The van der Waals surface area contributed by atoms with E-state index in [1.54, 1.807) is 0 Å². The van der Waals surface area contributed by atoms with Gasteiger partial charge in [-0.15, -0.1) is 0 Å². The maximum Gasteiger partial charge on any atom is 0.323 e. The third-order valence-corrected chi connectivity index (χ3v) is 5.68. The molecule has 24 heavy (non-hydrogen) atoms. The average molecular weight is 353 g/mol. The van der Waals surface area contributed by atoms with E-state index in [0.717, 1.165) is 9.80 Å². The molecule has 0 radical (unpaired) electrons. The maximum atomic E-state index is 12.5. The van der Waals surface area contributed by atoms with Crippen molar-refractivity contribution in [3.05, 3.63) is 24.3 Å². The van der Waals surface area contributed by atoms with Gasteiger partial charge in [0.05, 0.1) is 17.2 Å². The van der Waals surface area contributed by atoms with Crippen molar-refractivity contribution in [2.24, 2.45) is 0 Å². The van der Waals surface area contributed by atoms with Crippen molar-refractivity contribution in [2.45, 2.75) is 19.4 Å². The number of hydrogen-bond donors (Lipinski definition) is 1. The van der Waals surface area contributed by atoms with Gasteiger partial charge in [-0.1, -0.05) is 0 Å². The van der Waals surface area contributed by atoms with E-state index in [4.69, 9.17) is 5.73 Å². The first-order valence-electron chi connectivity index (χ1n) is 7.30. The van der Waals surface area contributed by atoms with E-state index in [9.17, 15) is 22.8 Å². The summed E-state index contributed by atoms with van der Waals surface area (Å²) in [5.41, 5.74) is 6.25. The van der Waals surface area contributed by atoms with E-state index in [2.05, 4.69) is 0 Å². The Morgan fingerprint density at radius 3 is 2.17 bits per heavy atom. The van der Waals surface area contributed by atoms with Crippen LogP contribution in [0.5, 0.6) is 0 Å². The Labute approximate surface area is 140 Å². The molecule has 0 bridgehead atoms. The van der Waals surface area contributed by atoms with E-state index in [1.807, 2.05) is 0 Å². The highest BCUT2D eigenvalue weighted by Gasteiger charge is 2.37. The second kappa shape index (κ2) is 6.60. The van der Waals surface area contributed by atoms with Gasteiger partial charge in [-0.3, -0.25) is 14.4 Å². The Hall–Kier alpha value is -2.42. The van der Waals surface area contributed by atoms with Crippen molar-refractivity contribution in [3.63, 3.8) is 0 Å². The second-order valence-corrected chi connectivity index (χ2v) is 7.95. The van der Waals surface area contributed by atoms with Gasteiger partial charge >= 0.3 is 11.8 Å². The fraction of sp³-hybridized carbons (Fsp3) is 0.400. The molecule has 1 aliphatic heterocycles. The van der Waals surface area contributed by atoms with Gasteiger partial charge in [0.2, 0.25) is 5.91 Å². The predicted octanol–water partition coefficient (Wildman–Crippen LogP) is -0.206. The lowest BCUT2D eigenvalue weighted by Crippen LogP contribution is -2.49. The zero-order chi connectivity index (χ0) is 18.1. The van der Waals surface area contributed by atoms with E-state index in [1.165, 1.54) is 38.2 Å². The van der Waals surface area contributed by atoms with Crippen LogP contribution in [0.2, 0.25) is 0 Å². The lowest BCUT2D eigenvalue weighted by molar-refractivity contribution is -0.145. The Morgan fingerprint density at radius 1 is 1.12 bits per heavy atom. The van der Waals surface area contributed by atoms with Crippen molar-refractivity contribution >= 4 is 38.9 Å². The molecule has 8 nitrogen and oxygen atoms in total. The molecule has 1 atom stereocenters. The van der Waals surface area contributed by atoms with Gasteiger partial charge in [0.15, 0.2) is 9.84 Å². The van der Waals surface area contributed by atoms with Gasteiger partial charge in [0.25, 0.3) is 0 Å². The zero-order valence-corrected chi connectivity index (χ0v) is 14.2. The van der Waals surface area contributed by atoms with Crippen LogP contribution >= 0.6 is 0 Å². The molecule has 9 heteroatoms. The monoisotopic (exact) mass is 353 g/mol. The van der Waals surface area contributed by atoms with E-state index in [0.29, 0.717) is 5.69 Å². The molecule has 1 heterocycles. The molecule has 0 spiro atoms. The van der Waals surface area contributed by atoms with Crippen LogP contribution in [0.3, 0.4) is 0 Å². The largest absolute Gasteiger partial charge is 0.399 e. The minimum atomic E-state index is -3.19. The highest BCUT2D eigenvalue weighted by Crippen LogP contribution is 2.20. The summed E-state index contributed by atoms with van der Waals surface area (Å²) in [4.78, 5) is 38.5. The normalized spacial score (nSPS) is 18.8. The third-order valence-electron chi connectivity index (χ3n) is 3.93. The van der Waals surface area contributed by atoms with Crippen molar-refractivity contribution in [3.8, 4) is 0 Å². The molecule has 1 unspecified atom stereocenters. The molecule has 1 aromatic rings. The number of hydrogen-bond acceptors (Lipinski definition) is 6. The minimum Gasteiger partial charge on any atom is -0.399 e. The van der Waals surface area contributed by atoms with Gasteiger partial charge in [-0.25, -0.2) is 13.3 Å². The quantitative estimate of drug-likeness (QED) is 0.581. The van der Waals surface area contributed by atoms with Gasteiger partial charge in [-0.05, 0) is 30.7 Å². The number of benzene rings is 1. The lowest BCUT2D eigenvalue weighted by atomic mass is 10.2. The van der Waals surface area contributed by atoms with Gasteiger partial charge in [-0.2, -0.15) is 0 Å². The number of anilines is 2. The second-order valence-electron chi connectivity index (χ2n) is 5.72. The number of likely N-dealkylation sites (N-methyl/N-ethyl adjacent to an activating group) is 1. The summed E-state index contributed by atoms with van der Waals surface area (Å²) in [5.74, 6) is -2.77. The minimum absolute atomic E-state index is 0.0160. The highest BCUT2D eigenvalue weighted by molar-refractivity contribution is 7.91. The van der Waals surface area contributed by atoms with Crippen LogP contribution in [0.25, 0.3) is 0 Å². The summed E-state index contributed by atoms with van der Waals surface area (Å²) >= 11 is 0. The Kier molecular flexibility index (Phi) is 4.93. The molecule has 1 saturated heterocycles. The molecule has 2 N–H and O–H groups in total. The number of sulfone groups is 1. The molecule has 130 valence electrons. The van der Waals surface area contributed by atoms with Crippen LogP contribution in [-0.4, -0.2) is 55.6 Å². The SMILES string of the molecule is CC(=O)N(C(=O)C(=O)N(C)C1CCS(=O)(=O)C1)c1ccc(N)cc1. The summed E-state index contributed by atoms with van der Waals surface area (Å²) in [6.07, 6.45) is 0.278. The van der Waals surface area contributed by atoms with Gasteiger partial charge in [0.1, 0.15) is 0 Å². The first-order valence-corrected chi connectivity index (χ1v) is 9.12. The summed E-state index contributed by atoms with van der Waals surface area (Å²) < 4.78 is 23.1. The summed E-state index contributed by atoms with van der Waals surface area (Å²) in [6.45, 7) is 1.17. The van der Waals surface area contributed by atoms with Gasteiger partial charge in [0, 0.05) is 25.7 Å². The van der Waals surface area contributed by atoms with E-state index < -0.39 is 33.6 Å². The Balaban J connectivity index is 2.22. The number of carbonyl (C=O) groups is 3. The number of carbonyl (C=O) groups excluding carboxylic acids is 3. The molecule has 0 saturated carbocycles. The van der Waals surface area contributed by atoms with Crippen molar-refractivity contribution in [1.82, 2.24) is 4.90 Å². The number of nitrogens with zero attached hydrogens (tertiary/aromatic N) is 2. The summed E-state index contributed by atoms with van der Waals surface area (Å²) in [7, 11) is -1.82. The molecule has 0 aromatic heterocycles. The zero-order valence-electron chi connectivity index (χ0n) is 13.4. The van der Waals surface area contributed by atoms with Crippen LogP contribution in [0.15, 0.2) is 24.3 Å². The van der Waals surface area contributed by atoms with Crippen LogP contribution in [-0.2, 0) is 24.2 Å². The Bertz CT molecular complexity index is 773. The molecule has 1 aliphatic rings. The van der Waals surface area contributed by atoms with Crippen molar-refractivity contribution in [2.75, 3.05) is 29.2 Å². The van der Waals surface area contributed by atoms with Crippen molar-refractivity contribution in [1.29, 1.82) is 0 Å². The highest BCUT2D eigenvalue weighted by atomic mass is 32.2. The fourth-order valence-electron chi connectivity index (χ4n) is 2.56.